The predicted molar refractivity (Wildman–Crippen MR) is 386 cm³/mol. The Balaban J connectivity index is 5.28. The average molecular weight is 1390 g/mol. The van der Waals surface area contributed by atoms with Crippen LogP contribution in [-0.2, 0) is 65.4 Å². The van der Waals surface area contributed by atoms with Crippen LogP contribution in [0.1, 0.15) is 363 Å². The van der Waals surface area contributed by atoms with Gasteiger partial charge in [0, 0.05) is 25.7 Å². The highest BCUT2D eigenvalue weighted by Crippen LogP contribution is 2.45. The molecule has 0 aromatic carbocycles. The molecule has 0 amide bonds. The molecular weight excluding hydrogens is 1250 g/mol. The fourth-order valence-corrected chi connectivity index (χ4v) is 12.6. The summed E-state index contributed by atoms with van der Waals surface area (Å²) in [5.41, 5.74) is 0. The third-order valence-corrected chi connectivity index (χ3v) is 19.3. The number of phosphoric acid groups is 2. The molecule has 3 unspecified atom stereocenters. The van der Waals surface area contributed by atoms with Crippen LogP contribution in [0, 0.1) is 17.8 Å². The first-order chi connectivity index (χ1) is 45.8. The van der Waals surface area contributed by atoms with Crippen molar-refractivity contribution >= 4 is 39.5 Å². The minimum absolute atomic E-state index is 0.0987. The number of carbonyl (C=O) groups excluding carboxylic acids is 4. The van der Waals surface area contributed by atoms with Crippen LogP contribution < -0.4 is 0 Å². The van der Waals surface area contributed by atoms with Gasteiger partial charge in [0.25, 0.3) is 0 Å². The summed E-state index contributed by atoms with van der Waals surface area (Å²) in [7, 11) is -9.92. The predicted octanol–water partition coefficient (Wildman–Crippen LogP) is 21.7. The van der Waals surface area contributed by atoms with Gasteiger partial charge < -0.3 is 33.8 Å². The van der Waals surface area contributed by atoms with Crippen molar-refractivity contribution < 1.29 is 80.2 Å². The Kier molecular flexibility index (Phi) is 64.4. The minimum Gasteiger partial charge on any atom is -0.462 e. The second kappa shape index (κ2) is 66.1. The summed E-state index contributed by atoms with van der Waals surface area (Å²) < 4.78 is 68.5. The van der Waals surface area contributed by atoms with Crippen molar-refractivity contribution in [3.05, 3.63) is 24.3 Å². The highest BCUT2D eigenvalue weighted by molar-refractivity contribution is 7.47. The molecule has 0 bridgehead atoms. The molecule has 0 aromatic rings. The normalized spacial score (nSPS) is 14.5. The van der Waals surface area contributed by atoms with E-state index in [0.717, 1.165) is 133 Å². The van der Waals surface area contributed by atoms with Crippen LogP contribution in [0.4, 0.5) is 0 Å². The Hall–Kier alpha value is -2.46. The SMILES string of the molecule is CCCCCC/C=C\C=C/CCCCCCCC(=O)OC[C@H](COP(=O)(O)OC[C@@H](O)COP(=O)(O)OC[C@@H](COC(=O)CCCCCCCCC(C)CC)OC(=O)CCCCCCCCCCCCCCCCC(C)C)OC(=O)CCCCCCCCCCCCC(C)C. The largest absolute Gasteiger partial charge is 0.472 e. The Morgan fingerprint density at radius 3 is 0.937 bits per heavy atom. The minimum atomic E-state index is -4.96. The number of rotatable bonds is 72. The van der Waals surface area contributed by atoms with Crippen molar-refractivity contribution in [2.24, 2.45) is 17.8 Å². The molecule has 19 heteroatoms. The van der Waals surface area contributed by atoms with Crippen LogP contribution in [0.15, 0.2) is 24.3 Å². The summed E-state index contributed by atoms with van der Waals surface area (Å²) >= 11 is 0. The third-order valence-electron chi connectivity index (χ3n) is 17.4. The maximum absolute atomic E-state index is 13.1. The van der Waals surface area contributed by atoms with Crippen molar-refractivity contribution in [2.75, 3.05) is 39.6 Å². The van der Waals surface area contributed by atoms with Gasteiger partial charge in [-0.2, -0.15) is 0 Å². The molecule has 0 aliphatic heterocycles. The van der Waals surface area contributed by atoms with Gasteiger partial charge in [-0.1, -0.05) is 310 Å². The van der Waals surface area contributed by atoms with Gasteiger partial charge in [-0.25, -0.2) is 9.13 Å². The van der Waals surface area contributed by atoms with E-state index in [2.05, 4.69) is 72.8 Å². The molecular formula is C76H144O17P2. The molecule has 6 atom stereocenters. The number of hydrogen-bond acceptors (Lipinski definition) is 15. The summed E-state index contributed by atoms with van der Waals surface area (Å²) in [6.45, 7) is 11.8. The highest BCUT2D eigenvalue weighted by atomic mass is 31.2. The van der Waals surface area contributed by atoms with Gasteiger partial charge in [0.15, 0.2) is 12.2 Å². The number of esters is 4. The van der Waals surface area contributed by atoms with E-state index in [9.17, 15) is 43.2 Å². The number of allylic oxidation sites excluding steroid dienone is 4. The van der Waals surface area contributed by atoms with Crippen molar-refractivity contribution in [3.63, 3.8) is 0 Å². The summed E-state index contributed by atoms with van der Waals surface area (Å²) in [6.07, 6.45) is 54.9. The number of aliphatic hydroxyl groups is 1. The lowest BCUT2D eigenvalue weighted by molar-refractivity contribution is -0.161. The van der Waals surface area contributed by atoms with E-state index >= 15 is 0 Å². The van der Waals surface area contributed by atoms with Crippen LogP contribution in [0.3, 0.4) is 0 Å². The highest BCUT2D eigenvalue weighted by Gasteiger charge is 2.30. The first kappa shape index (κ1) is 92.5. The van der Waals surface area contributed by atoms with E-state index < -0.39 is 97.5 Å². The van der Waals surface area contributed by atoms with Gasteiger partial charge in [-0.3, -0.25) is 37.3 Å². The van der Waals surface area contributed by atoms with Crippen LogP contribution in [-0.4, -0.2) is 96.7 Å². The quantitative estimate of drug-likeness (QED) is 0.0169. The molecule has 95 heavy (non-hydrogen) atoms. The number of carbonyl (C=O) groups is 4. The van der Waals surface area contributed by atoms with Gasteiger partial charge in [-0.05, 0) is 69.1 Å². The standard InChI is InChI=1S/C76H144O17P2/c1-8-10-11-12-13-14-15-16-17-21-24-30-35-43-50-57-73(78)86-63-71(92-76(81)60-53-46-37-32-27-26-29-34-41-48-55-68(5)6)65-90-94(82,83)88-61-70(77)62-89-95(84,85)91-66-72(64-87-74(79)58-51-44-39-38-42-49-56-69(7)9-2)93-75(80)59-52-45-36-31-25-22-19-18-20-23-28-33-40-47-54-67(3)4/h14-17,67-72,77H,8-13,18-66H2,1-7H3,(H,82,83)(H,84,85)/b15-14-,17-16-/t69?,70-,71-,72-/m1/s1. The van der Waals surface area contributed by atoms with E-state index in [1.807, 2.05) is 0 Å². The average Bonchev–Trinajstić information content (AvgIpc) is 1.48. The fraction of sp³-hybridized carbons (Fsp3) is 0.895. The summed E-state index contributed by atoms with van der Waals surface area (Å²) in [5, 5.41) is 10.6. The number of hydrogen-bond donors (Lipinski definition) is 3. The van der Waals surface area contributed by atoms with Crippen LogP contribution in [0.25, 0.3) is 0 Å². The number of ether oxygens (including phenoxy) is 4. The van der Waals surface area contributed by atoms with Crippen molar-refractivity contribution in [1.82, 2.24) is 0 Å². The first-order valence-electron chi connectivity index (χ1n) is 38.7. The smallest absolute Gasteiger partial charge is 0.462 e. The lowest BCUT2D eigenvalue weighted by atomic mass is 10.00. The van der Waals surface area contributed by atoms with Crippen LogP contribution in [0.2, 0.25) is 0 Å². The molecule has 0 fully saturated rings. The van der Waals surface area contributed by atoms with E-state index in [1.165, 1.54) is 148 Å². The number of phosphoric ester groups is 2. The van der Waals surface area contributed by atoms with Gasteiger partial charge in [0.2, 0.25) is 0 Å². The second-order valence-corrected chi connectivity index (χ2v) is 30.8. The molecule has 0 saturated heterocycles. The Morgan fingerprint density at radius 1 is 0.347 bits per heavy atom. The fourth-order valence-electron chi connectivity index (χ4n) is 11.0. The molecule has 0 heterocycles. The molecule has 0 aliphatic rings. The molecule has 17 nitrogen and oxygen atoms in total. The topological polar surface area (TPSA) is 237 Å². The Labute approximate surface area is 580 Å². The molecule has 0 aromatic heterocycles. The third kappa shape index (κ3) is 68.5. The van der Waals surface area contributed by atoms with Crippen molar-refractivity contribution in [3.8, 4) is 0 Å². The molecule has 0 saturated carbocycles. The summed E-state index contributed by atoms with van der Waals surface area (Å²) in [5.74, 6) is 0.123. The zero-order valence-electron chi connectivity index (χ0n) is 61.6. The van der Waals surface area contributed by atoms with Gasteiger partial charge in [0.1, 0.15) is 19.3 Å². The van der Waals surface area contributed by atoms with Gasteiger partial charge in [-0.15, -0.1) is 0 Å². The molecule has 3 N–H and O–H groups in total. The molecule has 0 spiro atoms. The molecule has 0 aliphatic carbocycles. The van der Waals surface area contributed by atoms with E-state index in [1.54, 1.807) is 0 Å². The lowest BCUT2D eigenvalue weighted by Crippen LogP contribution is -2.30. The number of aliphatic hydroxyl groups excluding tert-OH is 1. The summed E-state index contributed by atoms with van der Waals surface area (Å²) in [6, 6.07) is 0. The molecule has 0 radical (unpaired) electrons. The number of unbranched alkanes of at least 4 members (excludes halogenated alkanes) is 36. The zero-order chi connectivity index (χ0) is 70.1. The monoisotopic (exact) mass is 1390 g/mol. The summed E-state index contributed by atoms with van der Waals surface area (Å²) in [4.78, 5) is 72.8. The van der Waals surface area contributed by atoms with Gasteiger partial charge >= 0.3 is 39.5 Å². The Morgan fingerprint density at radius 2 is 0.621 bits per heavy atom. The maximum Gasteiger partial charge on any atom is 0.472 e. The zero-order valence-corrected chi connectivity index (χ0v) is 63.4. The van der Waals surface area contributed by atoms with Gasteiger partial charge in [0.05, 0.1) is 26.4 Å². The van der Waals surface area contributed by atoms with Crippen molar-refractivity contribution in [1.29, 1.82) is 0 Å². The molecule has 560 valence electrons. The lowest BCUT2D eigenvalue weighted by Gasteiger charge is -2.21. The van der Waals surface area contributed by atoms with Crippen LogP contribution in [0.5, 0.6) is 0 Å². The van der Waals surface area contributed by atoms with Crippen molar-refractivity contribution in [2.45, 2.75) is 381 Å². The van der Waals surface area contributed by atoms with Crippen LogP contribution >= 0.6 is 15.6 Å². The Bertz CT molecular complexity index is 1950. The molecule has 0 rings (SSSR count). The van der Waals surface area contributed by atoms with E-state index in [4.69, 9.17) is 37.0 Å². The van der Waals surface area contributed by atoms with E-state index in [-0.39, 0.29) is 25.7 Å². The van der Waals surface area contributed by atoms with E-state index in [0.29, 0.717) is 25.7 Å². The first-order valence-corrected chi connectivity index (χ1v) is 41.7. The second-order valence-electron chi connectivity index (χ2n) is 27.9. The maximum atomic E-state index is 13.1.